The first-order valence-corrected chi connectivity index (χ1v) is 4.97. The van der Waals surface area contributed by atoms with Crippen LogP contribution in [0.1, 0.15) is 0 Å². The van der Waals surface area contributed by atoms with E-state index in [1.54, 1.807) is 12.4 Å². The molecule has 70 valence electrons. The first-order chi connectivity index (χ1) is 6.86. The van der Waals surface area contributed by atoms with Gasteiger partial charge in [0.2, 0.25) is 0 Å². The van der Waals surface area contributed by atoms with Crippen molar-refractivity contribution >= 4 is 17.4 Å². The molecule has 0 radical (unpaired) electrons. The van der Waals surface area contributed by atoms with E-state index in [9.17, 15) is 0 Å². The lowest BCUT2D eigenvalue weighted by atomic mass is 10.4. The number of anilines is 1. The van der Waals surface area contributed by atoms with Crippen LogP contribution in [-0.2, 0) is 0 Å². The highest BCUT2D eigenvalue weighted by atomic mass is 32.2. The van der Waals surface area contributed by atoms with Gasteiger partial charge in [-0.05, 0) is 36.0 Å². The summed E-state index contributed by atoms with van der Waals surface area (Å²) < 4.78 is 0. The van der Waals surface area contributed by atoms with Crippen molar-refractivity contribution < 1.29 is 0 Å². The second-order valence-corrected chi connectivity index (χ2v) is 3.68. The molecule has 0 fully saturated rings. The Morgan fingerprint density at radius 3 is 2.57 bits per heavy atom. The molecule has 4 heteroatoms. The lowest BCUT2D eigenvalue weighted by Gasteiger charge is -2.01. The van der Waals surface area contributed by atoms with Crippen LogP contribution in [0.25, 0.3) is 0 Å². The first kappa shape index (κ1) is 9.02. The molecule has 3 nitrogen and oxygen atoms in total. The van der Waals surface area contributed by atoms with Crippen LogP contribution in [0.2, 0.25) is 0 Å². The summed E-state index contributed by atoms with van der Waals surface area (Å²) in [5.41, 5.74) is 6.44. The monoisotopic (exact) mass is 203 g/mol. The molecule has 2 aromatic rings. The van der Waals surface area contributed by atoms with E-state index in [1.807, 2.05) is 30.3 Å². The van der Waals surface area contributed by atoms with Gasteiger partial charge in [0, 0.05) is 12.4 Å². The number of nitrogen functional groups attached to an aromatic ring is 1. The smallest absolute Gasteiger partial charge is 0.125 e. The summed E-state index contributed by atoms with van der Waals surface area (Å²) in [6.07, 6.45) is 3.48. The highest BCUT2D eigenvalue weighted by Gasteiger charge is 2.02. The van der Waals surface area contributed by atoms with Crippen LogP contribution < -0.4 is 5.73 Å². The summed E-state index contributed by atoms with van der Waals surface area (Å²) in [5, 5.41) is 1.70. The molecule has 2 rings (SSSR count). The van der Waals surface area contributed by atoms with Gasteiger partial charge in [-0.2, -0.15) is 0 Å². The van der Waals surface area contributed by atoms with Crippen LogP contribution in [0.5, 0.6) is 0 Å². The van der Waals surface area contributed by atoms with E-state index in [-0.39, 0.29) is 0 Å². The quantitative estimate of drug-likeness (QED) is 0.813. The SMILES string of the molecule is Nc1cccnc1Sc1ccccn1. The average Bonchev–Trinajstić information content (AvgIpc) is 2.23. The van der Waals surface area contributed by atoms with E-state index < -0.39 is 0 Å². The Morgan fingerprint density at radius 2 is 1.86 bits per heavy atom. The Labute approximate surface area is 86.4 Å². The predicted octanol–water partition coefficient (Wildman–Crippen LogP) is 2.21. The van der Waals surface area contributed by atoms with Crippen molar-refractivity contribution in [3.8, 4) is 0 Å². The normalized spacial score (nSPS) is 10.0. The topological polar surface area (TPSA) is 51.8 Å². The van der Waals surface area contributed by atoms with Crippen molar-refractivity contribution in [3.05, 3.63) is 42.7 Å². The van der Waals surface area contributed by atoms with E-state index in [0.717, 1.165) is 10.1 Å². The van der Waals surface area contributed by atoms with Gasteiger partial charge in [0.1, 0.15) is 10.1 Å². The lowest BCUT2D eigenvalue weighted by molar-refractivity contribution is 1.10. The third-order valence-electron chi connectivity index (χ3n) is 1.64. The molecular formula is C10H9N3S. The Bertz CT molecular complexity index is 417. The molecule has 0 unspecified atom stereocenters. The van der Waals surface area contributed by atoms with Crippen LogP contribution in [0.4, 0.5) is 5.69 Å². The lowest BCUT2D eigenvalue weighted by Crippen LogP contribution is -1.90. The van der Waals surface area contributed by atoms with Gasteiger partial charge in [-0.15, -0.1) is 0 Å². The van der Waals surface area contributed by atoms with Crippen molar-refractivity contribution in [2.24, 2.45) is 0 Å². The zero-order valence-electron chi connectivity index (χ0n) is 7.42. The largest absolute Gasteiger partial charge is 0.397 e. The van der Waals surface area contributed by atoms with Crippen molar-refractivity contribution in [3.63, 3.8) is 0 Å². The van der Waals surface area contributed by atoms with E-state index in [4.69, 9.17) is 5.73 Å². The standard InChI is InChI=1S/C10H9N3S/c11-8-4-3-7-13-10(8)14-9-5-1-2-6-12-9/h1-7H,11H2. The fraction of sp³-hybridized carbons (Fsp3) is 0. The molecule has 2 heterocycles. The molecule has 2 N–H and O–H groups in total. The van der Waals surface area contributed by atoms with Crippen LogP contribution in [0, 0.1) is 0 Å². The summed E-state index contributed by atoms with van der Waals surface area (Å²) >= 11 is 1.47. The number of pyridine rings is 2. The van der Waals surface area contributed by atoms with Gasteiger partial charge in [0.25, 0.3) is 0 Å². The van der Waals surface area contributed by atoms with Crippen molar-refractivity contribution in [2.45, 2.75) is 10.1 Å². The van der Waals surface area contributed by atoms with Gasteiger partial charge in [-0.1, -0.05) is 6.07 Å². The summed E-state index contributed by atoms with van der Waals surface area (Å²) in [6, 6.07) is 9.40. The highest BCUT2D eigenvalue weighted by Crippen LogP contribution is 2.27. The number of nitrogens with two attached hydrogens (primary N) is 1. The molecule has 0 spiro atoms. The molecule has 0 atom stereocenters. The van der Waals surface area contributed by atoms with E-state index in [1.165, 1.54) is 11.8 Å². The maximum Gasteiger partial charge on any atom is 0.125 e. The van der Waals surface area contributed by atoms with Gasteiger partial charge in [0.15, 0.2) is 0 Å². The number of hydrogen-bond donors (Lipinski definition) is 1. The fourth-order valence-electron chi connectivity index (χ4n) is 0.995. The maximum atomic E-state index is 5.76. The molecule has 0 saturated carbocycles. The van der Waals surface area contributed by atoms with Gasteiger partial charge in [0.05, 0.1) is 5.69 Å². The van der Waals surface area contributed by atoms with Gasteiger partial charge in [-0.25, -0.2) is 9.97 Å². The van der Waals surface area contributed by atoms with E-state index in [0.29, 0.717) is 5.69 Å². The first-order valence-electron chi connectivity index (χ1n) is 4.15. The Hall–Kier alpha value is -1.55. The van der Waals surface area contributed by atoms with Gasteiger partial charge < -0.3 is 5.73 Å². The molecule has 0 aliphatic rings. The van der Waals surface area contributed by atoms with E-state index in [2.05, 4.69) is 9.97 Å². The third-order valence-corrected chi connectivity index (χ3v) is 2.62. The fourth-order valence-corrected chi connectivity index (χ4v) is 1.75. The molecule has 0 aromatic carbocycles. The predicted molar refractivity (Wildman–Crippen MR) is 57.0 cm³/mol. The number of nitrogens with zero attached hydrogens (tertiary/aromatic N) is 2. The molecule has 0 saturated heterocycles. The van der Waals surface area contributed by atoms with Crippen LogP contribution >= 0.6 is 11.8 Å². The Balaban J connectivity index is 2.24. The van der Waals surface area contributed by atoms with Crippen molar-refractivity contribution in [1.29, 1.82) is 0 Å². The minimum atomic E-state index is 0.683. The minimum absolute atomic E-state index is 0.683. The van der Waals surface area contributed by atoms with Crippen molar-refractivity contribution in [2.75, 3.05) is 5.73 Å². The summed E-state index contributed by atoms with van der Waals surface area (Å²) in [6.45, 7) is 0. The maximum absolute atomic E-state index is 5.76. The van der Waals surface area contributed by atoms with Gasteiger partial charge >= 0.3 is 0 Å². The Morgan fingerprint density at radius 1 is 1.00 bits per heavy atom. The van der Waals surface area contributed by atoms with Gasteiger partial charge in [-0.3, -0.25) is 0 Å². The molecule has 0 amide bonds. The molecular weight excluding hydrogens is 194 g/mol. The number of aromatic nitrogens is 2. The van der Waals surface area contributed by atoms with E-state index >= 15 is 0 Å². The zero-order chi connectivity index (χ0) is 9.80. The molecule has 14 heavy (non-hydrogen) atoms. The summed E-state index contributed by atoms with van der Waals surface area (Å²) in [7, 11) is 0. The minimum Gasteiger partial charge on any atom is -0.397 e. The summed E-state index contributed by atoms with van der Waals surface area (Å²) in [5.74, 6) is 0. The molecule has 0 bridgehead atoms. The van der Waals surface area contributed by atoms with Crippen LogP contribution in [0.3, 0.4) is 0 Å². The molecule has 2 aromatic heterocycles. The highest BCUT2D eigenvalue weighted by molar-refractivity contribution is 7.99. The second kappa shape index (κ2) is 4.11. The number of rotatable bonds is 2. The number of hydrogen-bond acceptors (Lipinski definition) is 4. The van der Waals surface area contributed by atoms with Crippen LogP contribution in [-0.4, -0.2) is 9.97 Å². The average molecular weight is 203 g/mol. The molecule has 0 aliphatic heterocycles. The third kappa shape index (κ3) is 2.03. The Kier molecular flexibility index (Phi) is 2.65. The molecule has 0 aliphatic carbocycles. The van der Waals surface area contributed by atoms with Crippen molar-refractivity contribution in [1.82, 2.24) is 9.97 Å². The zero-order valence-corrected chi connectivity index (χ0v) is 8.24. The second-order valence-electron chi connectivity index (χ2n) is 2.67. The van der Waals surface area contributed by atoms with Crippen LogP contribution in [0.15, 0.2) is 52.8 Å². The summed E-state index contributed by atoms with van der Waals surface area (Å²) in [4.78, 5) is 8.35.